The molecule has 8 aromatic carbocycles. The second-order valence-corrected chi connectivity index (χ2v) is 12.4. The lowest BCUT2D eigenvalue weighted by Crippen LogP contribution is -2.00. The molecule has 10 rings (SSSR count). The average Bonchev–Trinajstić information content (AvgIpc) is 3.57. The maximum Gasteiger partial charge on any atom is 0.164 e. The summed E-state index contributed by atoms with van der Waals surface area (Å²) in [5.41, 5.74) is 6.56. The highest BCUT2D eigenvalue weighted by molar-refractivity contribution is 6.20. The maximum absolute atomic E-state index is 6.77. The number of fused-ring (bicyclic) bond motifs is 7. The first kappa shape index (κ1) is 27.5. The van der Waals surface area contributed by atoms with Gasteiger partial charge in [0.15, 0.2) is 17.5 Å². The van der Waals surface area contributed by atoms with E-state index in [9.17, 15) is 0 Å². The summed E-state index contributed by atoms with van der Waals surface area (Å²) in [4.78, 5) is 15.3. The monoisotopic (exact) mass is 625 g/mol. The Kier molecular flexibility index (Phi) is 6.15. The van der Waals surface area contributed by atoms with Gasteiger partial charge in [0.05, 0.1) is 0 Å². The van der Waals surface area contributed by atoms with Gasteiger partial charge in [0.2, 0.25) is 0 Å². The van der Waals surface area contributed by atoms with Gasteiger partial charge in [0, 0.05) is 33.0 Å². The molecule has 0 unspecified atom stereocenters. The average molecular weight is 626 g/mol. The molecule has 0 spiro atoms. The summed E-state index contributed by atoms with van der Waals surface area (Å²) < 4.78 is 6.77. The molecule has 0 fully saturated rings. The first-order valence-electron chi connectivity index (χ1n) is 16.4. The number of rotatable bonds is 4. The Morgan fingerprint density at radius 2 is 0.959 bits per heavy atom. The number of furan rings is 1. The molecule has 4 nitrogen and oxygen atoms in total. The van der Waals surface area contributed by atoms with Crippen molar-refractivity contribution in [1.82, 2.24) is 15.0 Å². The van der Waals surface area contributed by atoms with Crippen LogP contribution in [-0.4, -0.2) is 15.0 Å². The van der Waals surface area contributed by atoms with Crippen LogP contribution in [0.1, 0.15) is 0 Å². The Morgan fingerprint density at radius 1 is 0.347 bits per heavy atom. The number of aromatic nitrogens is 3. The number of hydrogen-bond donors (Lipinski definition) is 0. The summed E-state index contributed by atoms with van der Waals surface area (Å²) in [5.74, 6) is 1.85. The smallest absolute Gasteiger partial charge is 0.164 e. The van der Waals surface area contributed by atoms with Crippen molar-refractivity contribution in [2.24, 2.45) is 0 Å². The molecule has 0 saturated carbocycles. The van der Waals surface area contributed by atoms with Crippen molar-refractivity contribution in [3.05, 3.63) is 164 Å². The molecule has 0 aliphatic rings. The molecule has 0 bridgehead atoms. The van der Waals surface area contributed by atoms with Crippen molar-refractivity contribution in [3.8, 4) is 45.3 Å². The van der Waals surface area contributed by atoms with Crippen molar-refractivity contribution in [3.63, 3.8) is 0 Å². The maximum atomic E-state index is 6.77. The van der Waals surface area contributed by atoms with E-state index in [0.29, 0.717) is 17.5 Å². The lowest BCUT2D eigenvalue weighted by atomic mass is 9.91. The predicted molar refractivity (Wildman–Crippen MR) is 201 cm³/mol. The van der Waals surface area contributed by atoms with Gasteiger partial charge in [-0.05, 0) is 68.2 Å². The molecule has 0 saturated heterocycles. The third kappa shape index (κ3) is 4.49. The zero-order valence-corrected chi connectivity index (χ0v) is 26.3. The highest BCUT2D eigenvalue weighted by Gasteiger charge is 2.22. The van der Waals surface area contributed by atoms with Crippen LogP contribution in [0, 0.1) is 0 Å². The summed E-state index contributed by atoms with van der Waals surface area (Å²) >= 11 is 0. The molecule has 4 heteroatoms. The second kappa shape index (κ2) is 11.0. The van der Waals surface area contributed by atoms with E-state index in [0.717, 1.165) is 55.1 Å². The summed E-state index contributed by atoms with van der Waals surface area (Å²) in [6.45, 7) is 0. The normalized spacial score (nSPS) is 11.7. The highest BCUT2D eigenvalue weighted by atomic mass is 16.3. The molecule has 0 aliphatic heterocycles. The predicted octanol–water partition coefficient (Wildman–Crippen LogP) is 11.9. The SMILES string of the molecule is c1ccc(-c2nc(-c3ccc4ccccc4c3)nc(-c3ccc(-c4cc5ccccc5c5ccccc45)c4oc5ccccc5c34)n2)cc1. The van der Waals surface area contributed by atoms with Crippen molar-refractivity contribution in [2.45, 2.75) is 0 Å². The van der Waals surface area contributed by atoms with Gasteiger partial charge in [-0.3, -0.25) is 0 Å². The van der Waals surface area contributed by atoms with Crippen LogP contribution in [0.3, 0.4) is 0 Å². The molecular formula is C45H27N3O. The summed E-state index contributed by atoms with van der Waals surface area (Å²) in [5, 5.41) is 9.14. The Balaban J connectivity index is 1.26. The van der Waals surface area contributed by atoms with Crippen LogP contribution in [0.15, 0.2) is 168 Å². The fraction of sp³-hybridized carbons (Fsp3) is 0. The molecule has 0 N–H and O–H groups in total. The van der Waals surface area contributed by atoms with E-state index in [1.54, 1.807) is 0 Å². The lowest BCUT2D eigenvalue weighted by Gasteiger charge is -2.13. The van der Waals surface area contributed by atoms with E-state index >= 15 is 0 Å². The number of para-hydroxylation sites is 1. The Morgan fingerprint density at radius 3 is 1.80 bits per heavy atom. The van der Waals surface area contributed by atoms with Gasteiger partial charge >= 0.3 is 0 Å². The standard InChI is InChI=1S/C45H27N3O/c1-2-13-29(14-3-1)43-46-44(32-23-22-28-12-4-5-15-30(28)26-32)48-45(47-43)38-25-24-36(42-41(38)37-20-10-11-21-40(37)49-42)39-27-31-16-6-7-17-33(31)34-18-8-9-19-35(34)39/h1-27H. The minimum Gasteiger partial charge on any atom is -0.455 e. The van der Waals surface area contributed by atoms with Crippen molar-refractivity contribution in [1.29, 1.82) is 0 Å². The zero-order valence-electron chi connectivity index (χ0n) is 26.3. The van der Waals surface area contributed by atoms with Crippen LogP contribution in [0.25, 0.3) is 99.5 Å². The fourth-order valence-electron chi connectivity index (χ4n) is 7.17. The first-order valence-corrected chi connectivity index (χ1v) is 16.4. The largest absolute Gasteiger partial charge is 0.455 e. The lowest BCUT2D eigenvalue weighted by molar-refractivity contribution is 0.670. The molecule has 10 aromatic rings. The van der Waals surface area contributed by atoms with Gasteiger partial charge in [0.1, 0.15) is 11.2 Å². The van der Waals surface area contributed by atoms with Crippen LogP contribution in [0.5, 0.6) is 0 Å². The molecule has 0 atom stereocenters. The van der Waals surface area contributed by atoms with Gasteiger partial charge < -0.3 is 4.42 Å². The van der Waals surface area contributed by atoms with Crippen LogP contribution in [0.2, 0.25) is 0 Å². The zero-order chi connectivity index (χ0) is 32.3. The minimum atomic E-state index is 0.600. The topological polar surface area (TPSA) is 51.8 Å². The number of benzene rings is 8. The third-order valence-corrected chi connectivity index (χ3v) is 9.50. The summed E-state index contributed by atoms with van der Waals surface area (Å²) in [6, 6.07) is 56.9. The van der Waals surface area contributed by atoms with Crippen molar-refractivity contribution in [2.75, 3.05) is 0 Å². The van der Waals surface area contributed by atoms with Crippen molar-refractivity contribution >= 4 is 54.3 Å². The quantitative estimate of drug-likeness (QED) is 0.183. The van der Waals surface area contributed by atoms with E-state index in [4.69, 9.17) is 19.4 Å². The van der Waals surface area contributed by atoms with Crippen LogP contribution < -0.4 is 0 Å². The molecular weight excluding hydrogens is 599 g/mol. The van der Waals surface area contributed by atoms with Gasteiger partial charge in [0.25, 0.3) is 0 Å². The number of hydrogen-bond acceptors (Lipinski definition) is 4. The van der Waals surface area contributed by atoms with E-state index in [1.165, 1.54) is 26.9 Å². The third-order valence-electron chi connectivity index (χ3n) is 9.50. The Labute approximate surface area is 282 Å². The van der Waals surface area contributed by atoms with E-state index in [2.05, 4.69) is 121 Å². The Bertz CT molecular complexity index is 2890. The molecule has 0 radical (unpaired) electrons. The van der Waals surface area contributed by atoms with E-state index < -0.39 is 0 Å². The van der Waals surface area contributed by atoms with Gasteiger partial charge in [-0.1, -0.05) is 133 Å². The molecule has 2 aromatic heterocycles. The molecule has 0 amide bonds. The van der Waals surface area contributed by atoms with Crippen LogP contribution in [-0.2, 0) is 0 Å². The molecule has 0 aliphatic carbocycles. The molecule has 228 valence electrons. The van der Waals surface area contributed by atoms with Gasteiger partial charge in [-0.15, -0.1) is 0 Å². The van der Waals surface area contributed by atoms with Gasteiger partial charge in [-0.25, -0.2) is 15.0 Å². The number of nitrogens with zero attached hydrogens (tertiary/aromatic N) is 3. The summed E-state index contributed by atoms with van der Waals surface area (Å²) in [7, 11) is 0. The van der Waals surface area contributed by atoms with E-state index in [1.807, 2.05) is 42.5 Å². The summed E-state index contributed by atoms with van der Waals surface area (Å²) in [6.07, 6.45) is 0. The highest BCUT2D eigenvalue weighted by Crippen LogP contribution is 2.44. The second-order valence-electron chi connectivity index (χ2n) is 12.4. The van der Waals surface area contributed by atoms with E-state index in [-0.39, 0.29) is 0 Å². The van der Waals surface area contributed by atoms with Crippen LogP contribution >= 0.6 is 0 Å². The molecule has 2 heterocycles. The minimum absolute atomic E-state index is 0.600. The van der Waals surface area contributed by atoms with Crippen molar-refractivity contribution < 1.29 is 4.42 Å². The first-order chi connectivity index (χ1) is 24.3. The molecule has 49 heavy (non-hydrogen) atoms. The van der Waals surface area contributed by atoms with Crippen LogP contribution in [0.4, 0.5) is 0 Å². The Hall–Kier alpha value is -6.65. The van der Waals surface area contributed by atoms with Gasteiger partial charge in [-0.2, -0.15) is 0 Å². The fourth-order valence-corrected chi connectivity index (χ4v) is 7.17.